The predicted octanol–water partition coefficient (Wildman–Crippen LogP) is 3.17. The molecule has 22 heavy (non-hydrogen) atoms. The molecule has 116 valence electrons. The number of hydrogen-bond donors (Lipinski definition) is 2. The second-order valence-corrected chi connectivity index (χ2v) is 4.72. The van der Waals surface area contributed by atoms with Gasteiger partial charge in [-0.3, -0.25) is 4.79 Å². The zero-order valence-corrected chi connectivity index (χ0v) is 11.5. The fraction of sp³-hybridized carbons (Fsp3) is 0.188. The average molecular weight is 309 g/mol. The molecule has 0 radical (unpaired) electrons. The minimum absolute atomic E-state index is 0.100. The van der Waals surface area contributed by atoms with Gasteiger partial charge in [0.05, 0.1) is 11.7 Å². The summed E-state index contributed by atoms with van der Waals surface area (Å²) in [5.74, 6) is -0.397. The summed E-state index contributed by atoms with van der Waals surface area (Å²) in [6.07, 6.45) is -5.68. The van der Waals surface area contributed by atoms with E-state index in [4.69, 9.17) is 0 Å². The summed E-state index contributed by atoms with van der Waals surface area (Å²) in [6.45, 7) is -0.172. The van der Waals surface area contributed by atoms with E-state index in [1.807, 2.05) is 0 Å². The summed E-state index contributed by atoms with van der Waals surface area (Å²) in [5.41, 5.74) is -0.319. The van der Waals surface area contributed by atoms with Crippen molar-refractivity contribution >= 4 is 5.91 Å². The van der Waals surface area contributed by atoms with Crippen LogP contribution >= 0.6 is 0 Å². The Morgan fingerprint density at radius 1 is 1.09 bits per heavy atom. The van der Waals surface area contributed by atoms with Gasteiger partial charge in [-0.15, -0.1) is 0 Å². The van der Waals surface area contributed by atoms with Crippen molar-refractivity contribution in [2.24, 2.45) is 0 Å². The first-order chi connectivity index (χ1) is 10.4. The SMILES string of the molecule is O=C(NCC(O)c1cccc(C(F)(F)F)c1)c1ccccc1. The Balaban J connectivity index is 2.01. The minimum atomic E-state index is -4.47. The molecular formula is C16H14F3NO2. The number of amides is 1. The number of nitrogens with one attached hydrogen (secondary N) is 1. The summed E-state index contributed by atoms with van der Waals surface area (Å²) in [6, 6.07) is 12.8. The molecule has 0 fully saturated rings. The van der Waals surface area contributed by atoms with Gasteiger partial charge >= 0.3 is 6.18 Å². The topological polar surface area (TPSA) is 49.3 Å². The van der Waals surface area contributed by atoms with Crippen molar-refractivity contribution in [1.29, 1.82) is 0 Å². The molecule has 2 aromatic carbocycles. The minimum Gasteiger partial charge on any atom is -0.387 e. The highest BCUT2D eigenvalue weighted by Gasteiger charge is 2.30. The second kappa shape index (κ2) is 6.62. The molecule has 0 aliphatic heterocycles. The van der Waals surface area contributed by atoms with E-state index in [-0.39, 0.29) is 12.1 Å². The molecule has 2 N–H and O–H groups in total. The highest BCUT2D eigenvalue weighted by molar-refractivity contribution is 5.94. The predicted molar refractivity (Wildman–Crippen MR) is 75.2 cm³/mol. The van der Waals surface area contributed by atoms with E-state index in [0.717, 1.165) is 12.1 Å². The summed E-state index contributed by atoms with van der Waals surface area (Å²) >= 11 is 0. The number of halogens is 3. The standard InChI is InChI=1S/C16H14F3NO2/c17-16(18,19)13-8-4-7-12(9-13)14(21)10-20-15(22)11-5-2-1-3-6-11/h1-9,14,21H,10H2,(H,20,22). The lowest BCUT2D eigenvalue weighted by Gasteiger charge is -2.14. The first-order valence-corrected chi connectivity index (χ1v) is 6.56. The van der Waals surface area contributed by atoms with Crippen LogP contribution in [0.1, 0.15) is 27.6 Å². The lowest BCUT2D eigenvalue weighted by atomic mass is 10.1. The summed E-state index contributed by atoms with van der Waals surface area (Å²) in [4.78, 5) is 11.8. The summed E-state index contributed by atoms with van der Waals surface area (Å²) in [5, 5.41) is 12.4. The maximum Gasteiger partial charge on any atom is 0.416 e. The molecule has 0 aromatic heterocycles. The Morgan fingerprint density at radius 3 is 2.41 bits per heavy atom. The van der Waals surface area contributed by atoms with Crippen molar-refractivity contribution < 1.29 is 23.1 Å². The maximum atomic E-state index is 12.6. The molecule has 0 aliphatic rings. The monoisotopic (exact) mass is 309 g/mol. The molecular weight excluding hydrogens is 295 g/mol. The molecule has 0 bridgehead atoms. The summed E-state index contributed by atoms with van der Waals surface area (Å²) in [7, 11) is 0. The van der Waals surface area contributed by atoms with Crippen LogP contribution < -0.4 is 5.32 Å². The van der Waals surface area contributed by atoms with E-state index in [1.54, 1.807) is 30.3 Å². The first kappa shape index (κ1) is 16.0. The van der Waals surface area contributed by atoms with Crippen molar-refractivity contribution in [3.8, 4) is 0 Å². The smallest absolute Gasteiger partial charge is 0.387 e. The molecule has 0 heterocycles. The molecule has 1 unspecified atom stereocenters. The van der Waals surface area contributed by atoms with Gasteiger partial charge in [0.1, 0.15) is 0 Å². The number of aliphatic hydroxyl groups excluding tert-OH is 1. The van der Waals surface area contributed by atoms with Gasteiger partial charge in [0, 0.05) is 12.1 Å². The van der Waals surface area contributed by atoms with Gasteiger partial charge in [-0.05, 0) is 29.8 Å². The largest absolute Gasteiger partial charge is 0.416 e. The van der Waals surface area contributed by atoms with Crippen molar-refractivity contribution in [1.82, 2.24) is 5.32 Å². The maximum absolute atomic E-state index is 12.6. The fourth-order valence-electron chi connectivity index (χ4n) is 1.92. The van der Waals surface area contributed by atoms with E-state index < -0.39 is 23.8 Å². The molecule has 0 spiro atoms. The van der Waals surface area contributed by atoms with E-state index in [0.29, 0.717) is 5.56 Å². The number of carbonyl (C=O) groups excluding carboxylic acids is 1. The molecule has 0 aliphatic carbocycles. The molecule has 0 saturated carbocycles. The van der Waals surface area contributed by atoms with E-state index in [1.165, 1.54) is 12.1 Å². The molecule has 1 amide bonds. The van der Waals surface area contributed by atoms with Crippen LogP contribution in [-0.2, 0) is 6.18 Å². The lowest BCUT2D eigenvalue weighted by Crippen LogP contribution is -2.28. The van der Waals surface area contributed by atoms with Gasteiger partial charge in [-0.1, -0.05) is 30.3 Å². The molecule has 3 nitrogen and oxygen atoms in total. The number of aliphatic hydroxyl groups is 1. The van der Waals surface area contributed by atoms with Gasteiger partial charge < -0.3 is 10.4 Å². The molecule has 0 saturated heterocycles. The quantitative estimate of drug-likeness (QED) is 0.911. The van der Waals surface area contributed by atoms with Crippen LogP contribution in [0.5, 0.6) is 0 Å². The van der Waals surface area contributed by atoms with E-state index >= 15 is 0 Å². The number of carbonyl (C=O) groups is 1. The molecule has 2 aromatic rings. The zero-order valence-electron chi connectivity index (χ0n) is 11.5. The van der Waals surface area contributed by atoms with Gasteiger partial charge in [0.15, 0.2) is 0 Å². The Bertz CT molecular complexity index is 641. The Kier molecular flexibility index (Phi) is 4.82. The van der Waals surface area contributed by atoms with Crippen LogP contribution in [0.4, 0.5) is 13.2 Å². The average Bonchev–Trinajstić information content (AvgIpc) is 2.52. The highest BCUT2D eigenvalue weighted by atomic mass is 19.4. The molecule has 2 rings (SSSR count). The van der Waals surface area contributed by atoms with Crippen molar-refractivity contribution in [2.75, 3.05) is 6.54 Å². The van der Waals surface area contributed by atoms with Crippen LogP contribution in [0.3, 0.4) is 0 Å². The first-order valence-electron chi connectivity index (χ1n) is 6.56. The molecule has 6 heteroatoms. The fourth-order valence-corrected chi connectivity index (χ4v) is 1.92. The van der Waals surface area contributed by atoms with Gasteiger partial charge in [0.25, 0.3) is 5.91 Å². The van der Waals surface area contributed by atoms with Crippen LogP contribution in [-0.4, -0.2) is 17.6 Å². The number of rotatable bonds is 4. The zero-order chi connectivity index (χ0) is 16.2. The highest BCUT2D eigenvalue weighted by Crippen LogP contribution is 2.30. The number of hydrogen-bond acceptors (Lipinski definition) is 2. The van der Waals surface area contributed by atoms with Crippen molar-refractivity contribution in [2.45, 2.75) is 12.3 Å². The third kappa shape index (κ3) is 4.08. The Morgan fingerprint density at radius 2 is 1.77 bits per heavy atom. The van der Waals surface area contributed by atoms with Crippen LogP contribution in [0, 0.1) is 0 Å². The third-order valence-corrected chi connectivity index (χ3v) is 3.09. The van der Waals surface area contributed by atoms with Gasteiger partial charge in [-0.2, -0.15) is 13.2 Å². The Labute approximate surface area is 125 Å². The van der Waals surface area contributed by atoms with E-state index in [9.17, 15) is 23.1 Å². The Hall–Kier alpha value is -2.34. The van der Waals surface area contributed by atoms with Crippen LogP contribution in [0.25, 0.3) is 0 Å². The van der Waals surface area contributed by atoms with Gasteiger partial charge in [0.2, 0.25) is 0 Å². The third-order valence-electron chi connectivity index (χ3n) is 3.09. The number of alkyl halides is 3. The van der Waals surface area contributed by atoms with Crippen molar-refractivity contribution in [3.63, 3.8) is 0 Å². The normalized spacial score (nSPS) is 12.7. The van der Waals surface area contributed by atoms with Crippen LogP contribution in [0.15, 0.2) is 54.6 Å². The van der Waals surface area contributed by atoms with Crippen molar-refractivity contribution in [3.05, 3.63) is 71.3 Å². The van der Waals surface area contributed by atoms with Gasteiger partial charge in [-0.25, -0.2) is 0 Å². The number of benzene rings is 2. The lowest BCUT2D eigenvalue weighted by molar-refractivity contribution is -0.137. The second-order valence-electron chi connectivity index (χ2n) is 4.72. The molecule has 1 atom stereocenters. The van der Waals surface area contributed by atoms with Crippen LogP contribution in [0.2, 0.25) is 0 Å². The van der Waals surface area contributed by atoms with E-state index in [2.05, 4.69) is 5.32 Å². The summed E-state index contributed by atoms with van der Waals surface area (Å²) < 4.78 is 37.8.